The number of hydrogen-bond donors (Lipinski definition) is 0. The predicted octanol–water partition coefficient (Wildman–Crippen LogP) is 5.53. The van der Waals surface area contributed by atoms with E-state index in [0.29, 0.717) is 42.8 Å². The van der Waals surface area contributed by atoms with E-state index in [-0.39, 0.29) is 18.1 Å². The molecule has 1 aromatic heterocycles. The molecule has 4 rings (SSSR count). The minimum atomic E-state index is -0.695. The molecule has 0 radical (unpaired) electrons. The molecule has 0 aliphatic carbocycles. The van der Waals surface area contributed by atoms with Crippen LogP contribution in [0.3, 0.4) is 0 Å². The average Bonchev–Trinajstić information content (AvgIpc) is 3.16. The summed E-state index contributed by atoms with van der Waals surface area (Å²) in [6.07, 6.45) is 2.61. The lowest BCUT2D eigenvalue weighted by Crippen LogP contribution is -2.40. The summed E-state index contributed by atoms with van der Waals surface area (Å²) in [5.74, 6) is 0.407. The molecule has 0 fully saturated rings. The summed E-state index contributed by atoms with van der Waals surface area (Å²) < 4.78 is 13.3. The first-order valence-corrected chi connectivity index (χ1v) is 13.6. The van der Waals surface area contributed by atoms with Gasteiger partial charge < -0.3 is 9.47 Å². The van der Waals surface area contributed by atoms with Gasteiger partial charge in [0.15, 0.2) is 4.80 Å². The first-order valence-electron chi connectivity index (χ1n) is 12.1. The average molecular weight is 560 g/mol. The number of allylic oxidation sites excluding steroid dienone is 1. The highest BCUT2D eigenvalue weighted by Crippen LogP contribution is 2.32. The molecule has 9 heteroatoms. The van der Waals surface area contributed by atoms with Crippen molar-refractivity contribution in [1.82, 2.24) is 4.57 Å². The molecule has 1 atom stereocenters. The highest BCUT2D eigenvalue weighted by Gasteiger charge is 2.33. The van der Waals surface area contributed by atoms with Crippen LogP contribution in [0.4, 0.5) is 0 Å². The van der Waals surface area contributed by atoms with Gasteiger partial charge in [-0.2, -0.15) is 0 Å². The second kappa shape index (κ2) is 11.7. The number of carbonyl (C=O) groups is 1. The monoisotopic (exact) mass is 558 g/mol. The van der Waals surface area contributed by atoms with Crippen LogP contribution in [0.2, 0.25) is 10.0 Å². The lowest BCUT2D eigenvalue weighted by Gasteiger charge is -2.25. The molecule has 0 amide bonds. The molecule has 2 heterocycles. The summed E-state index contributed by atoms with van der Waals surface area (Å²) >= 11 is 13.6. The number of benzene rings is 2. The van der Waals surface area contributed by atoms with Gasteiger partial charge in [0.2, 0.25) is 0 Å². The number of fused-ring (bicyclic) bond motifs is 1. The van der Waals surface area contributed by atoms with Crippen LogP contribution in [0.5, 0.6) is 5.75 Å². The molecule has 37 heavy (non-hydrogen) atoms. The van der Waals surface area contributed by atoms with E-state index in [0.717, 1.165) is 17.7 Å². The Balaban J connectivity index is 1.86. The topological polar surface area (TPSA) is 69.9 Å². The van der Waals surface area contributed by atoms with Crippen molar-refractivity contribution in [3.05, 3.63) is 94.6 Å². The first-order chi connectivity index (χ1) is 17.7. The van der Waals surface area contributed by atoms with Crippen LogP contribution in [0.25, 0.3) is 6.08 Å². The summed E-state index contributed by atoms with van der Waals surface area (Å²) in [4.78, 5) is 32.2. The van der Waals surface area contributed by atoms with Crippen molar-refractivity contribution in [3.8, 4) is 5.75 Å². The van der Waals surface area contributed by atoms with Crippen LogP contribution in [0.1, 0.15) is 51.3 Å². The first kappa shape index (κ1) is 27.2. The van der Waals surface area contributed by atoms with Gasteiger partial charge in [0.1, 0.15) is 5.75 Å². The van der Waals surface area contributed by atoms with Gasteiger partial charge in [0.05, 0.1) is 35.1 Å². The molecule has 6 nitrogen and oxygen atoms in total. The van der Waals surface area contributed by atoms with Crippen molar-refractivity contribution < 1.29 is 14.3 Å². The molecule has 2 aromatic carbocycles. The number of carbonyl (C=O) groups excluding carboxylic acids is 1. The third kappa shape index (κ3) is 6.00. The van der Waals surface area contributed by atoms with Crippen LogP contribution in [-0.4, -0.2) is 23.8 Å². The highest BCUT2D eigenvalue weighted by molar-refractivity contribution is 7.07. The number of rotatable bonds is 8. The fourth-order valence-electron chi connectivity index (χ4n) is 3.94. The lowest BCUT2D eigenvalue weighted by molar-refractivity contribution is -0.140. The predicted molar refractivity (Wildman–Crippen MR) is 148 cm³/mol. The van der Waals surface area contributed by atoms with E-state index >= 15 is 0 Å². The zero-order valence-electron chi connectivity index (χ0n) is 21.1. The normalized spacial score (nSPS) is 15.5. The van der Waals surface area contributed by atoms with Crippen molar-refractivity contribution >= 4 is 46.6 Å². The van der Waals surface area contributed by atoms with Crippen LogP contribution < -0.4 is 19.6 Å². The van der Waals surface area contributed by atoms with Gasteiger partial charge in [0.25, 0.3) is 5.56 Å². The van der Waals surface area contributed by atoms with E-state index in [4.69, 9.17) is 32.7 Å². The van der Waals surface area contributed by atoms with Crippen molar-refractivity contribution in [3.63, 3.8) is 0 Å². The van der Waals surface area contributed by atoms with E-state index in [1.165, 1.54) is 11.3 Å². The Labute approximate surface area is 229 Å². The number of aromatic nitrogens is 1. The molecule has 194 valence electrons. The van der Waals surface area contributed by atoms with E-state index in [1.807, 2.05) is 45.0 Å². The molecule has 0 saturated carbocycles. The zero-order valence-corrected chi connectivity index (χ0v) is 23.4. The van der Waals surface area contributed by atoms with E-state index in [2.05, 4.69) is 4.99 Å². The Hall–Kier alpha value is -2.87. The molecule has 1 aliphatic heterocycles. The van der Waals surface area contributed by atoms with E-state index in [1.54, 1.807) is 35.8 Å². The van der Waals surface area contributed by atoms with Crippen LogP contribution >= 0.6 is 34.5 Å². The number of hydrogen-bond acceptors (Lipinski definition) is 6. The number of halogens is 2. The van der Waals surface area contributed by atoms with Crippen LogP contribution in [-0.2, 0) is 9.53 Å². The SMILES string of the molecule is CCCOc1ccc(C2C(C(=O)OCC(C)C)=C(C)N=c3sc(=Cc4ccc(Cl)cc4Cl)c(=O)n32)cc1. The Bertz CT molecular complexity index is 1520. The fraction of sp³-hybridized carbons (Fsp3) is 0.321. The van der Waals surface area contributed by atoms with Crippen LogP contribution in [0, 0.1) is 5.92 Å². The standard InChI is InChI=1S/C28H28Cl2N2O4S/c1-5-12-35-21-10-7-18(8-11-21)25-24(27(34)36-15-16(2)3)17(4)31-28-32(25)26(33)23(37-28)13-19-6-9-20(29)14-22(19)30/h6-11,13-14,16,25H,5,12,15H2,1-4H3. The molecular formula is C28H28Cl2N2O4S. The maximum Gasteiger partial charge on any atom is 0.338 e. The Morgan fingerprint density at radius 1 is 1.19 bits per heavy atom. The van der Waals surface area contributed by atoms with E-state index in [9.17, 15) is 9.59 Å². The van der Waals surface area contributed by atoms with Gasteiger partial charge in [0, 0.05) is 10.0 Å². The lowest BCUT2D eigenvalue weighted by atomic mass is 9.96. The molecule has 0 saturated heterocycles. The molecule has 0 N–H and O–H groups in total. The Morgan fingerprint density at radius 2 is 1.92 bits per heavy atom. The number of esters is 1. The second-order valence-corrected chi connectivity index (χ2v) is 11.0. The van der Waals surface area contributed by atoms with Crippen molar-refractivity contribution in [2.75, 3.05) is 13.2 Å². The van der Waals surface area contributed by atoms with Gasteiger partial charge in [-0.3, -0.25) is 9.36 Å². The third-order valence-electron chi connectivity index (χ3n) is 5.71. The molecule has 3 aromatic rings. The second-order valence-electron chi connectivity index (χ2n) is 9.16. The number of ether oxygens (including phenoxy) is 2. The minimum Gasteiger partial charge on any atom is -0.494 e. The van der Waals surface area contributed by atoms with Gasteiger partial charge in [-0.15, -0.1) is 0 Å². The smallest absolute Gasteiger partial charge is 0.338 e. The van der Waals surface area contributed by atoms with Crippen molar-refractivity contribution in [1.29, 1.82) is 0 Å². The zero-order chi connectivity index (χ0) is 26.7. The molecule has 0 bridgehead atoms. The molecule has 1 unspecified atom stereocenters. The van der Waals surface area contributed by atoms with Gasteiger partial charge >= 0.3 is 5.97 Å². The maximum atomic E-state index is 13.7. The quantitative estimate of drug-likeness (QED) is 0.341. The minimum absolute atomic E-state index is 0.170. The van der Waals surface area contributed by atoms with Crippen LogP contribution in [0.15, 0.2) is 63.5 Å². The molecular weight excluding hydrogens is 531 g/mol. The van der Waals surface area contributed by atoms with Crippen molar-refractivity contribution in [2.24, 2.45) is 10.9 Å². The Morgan fingerprint density at radius 3 is 2.57 bits per heavy atom. The summed E-state index contributed by atoms with van der Waals surface area (Å²) in [6.45, 7) is 8.62. The van der Waals surface area contributed by atoms with Gasteiger partial charge in [-0.05, 0) is 60.7 Å². The van der Waals surface area contributed by atoms with Gasteiger partial charge in [-0.25, -0.2) is 9.79 Å². The van der Waals surface area contributed by atoms with Crippen molar-refractivity contribution in [2.45, 2.75) is 40.2 Å². The van der Waals surface area contributed by atoms with Gasteiger partial charge in [-0.1, -0.05) is 73.5 Å². The maximum absolute atomic E-state index is 13.7. The number of nitrogens with zero attached hydrogens (tertiary/aromatic N) is 2. The summed E-state index contributed by atoms with van der Waals surface area (Å²) in [5, 5.41) is 0.946. The summed E-state index contributed by atoms with van der Waals surface area (Å²) in [7, 11) is 0. The molecule has 1 aliphatic rings. The molecule has 0 spiro atoms. The third-order valence-corrected chi connectivity index (χ3v) is 7.25. The number of thiazole rings is 1. The fourth-order valence-corrected chi connectivity index (χ4v) is 5.44. The highest BCUT2D eigenvalue weighted by atomic mass is 35.5. The summed E-state index contributed by atoms with van der Waals surface area (Å²) in [5.41, 5.74) is 2.01. The van der Waals surface area contributed by atoms with E-state index < -0.39 is 12.0 Å². The largest absolute Gasteiger partial charge is 0.494 e. The Kier molecular flexibility index (Phi) is 8.57. The summed E-state index contributed by atoms with van der Waals surface area (Å²) in [6, 6.07) is 11.8.